The molecule has 0 atom stereocenters. The van der Waals surface area contributed by atoms with E-state index in [9.17, 15) is 4.79 Å². The molecule has 0 radical (unpaired) electrons. The zero-order valence-corrected chi connectivity index (χ0v) is 17.2. The molecule has 0 aromatic heterocycles. The Morgan fingerprint density at radius 2 is 1.67 bits per heavy atom. The largest absolute Gasteiger partial charge is 0.377 e. The topological polar surface area (TPSA) is 38.8 Å². The van der Waals surface area contributed by atoms with E-state index in [4.69, 9.17) is 0 Å². The van der Waals surface area contributed by atoms with Gasteiger partial charge in [-0.2, -0.15) is 0 Å². The molecular formula is C22H32N4O. The molecule has 1 saturated heterocycles. The van der Waals surface area contributed by atoms with Crippen LogP contribution in [0.4, 0.5) is 5.69 Å². The van der Waals surface area contributed by atoms with Gasteiger partial charge in [-0.15, -0.1) is 0 Å². The number of hydrogen-bond acceptors (Lipinski definition) is 4. The Balaban J connectivity index is 1.83. The van der Waals surface area contributed by atoms with Gasteiger partial charge in [-0.25, -0.2) is 0 Å². The molecule has 5 heteroatoms. The monoisotopic (exact) mass is 368 g/mol. The van der Waals surface area contributed by atoms with Gasteiger partial charge in [0.05, 0.1) is 0 Å². The number of likely N-dealkylation sites (N-methyl/N-ethyl adjacent to an activating group) is 1. The molecule has 1 heterocycles. The third-order valence-corrected chi connectivity index (χ3v) is 6.07. The van der Waals surface area contributed by atoms with E-state index < -0.39 is 0 Å². The zero-order chi connectivity index (χ0) is 19.6. The first-order valence-electron chi connectivity index (χ1n) is 9.67. The summed E-state index contributed by atoms with van der Waals surface area (Å²) in [4.78, 5) is 19.8. The Kier molecular flexibility index (Phi) is 5.72. The van der Waals surface area contributed by atoms with Crippen LogP contribution in [0.3, 0.4) is 0 Å². The second kappa shape index (κ2) is 7.87. The molecule has 27 heavy (non-hydrogen) atoms. The molecule has 0 bridgehead atoms. The van der Waals surface area contributed by atoms with Crippen LogP contribution in [0.5, 0.6) is 0 Å². The fraction of sp³-hybridized carbons (Fsp3) is 0.500. The van der Waals surface area contributed by atoms with Gasteiger partial charge < -0.3 is 20.0 Å². The van der Waals surface area contributed by atoms with Crippen molar-refractivity contribution in [2.75, 3.05) is 59.8 Å². The maximum Gasteiger partial charge on any atom is 0.251 e. The number of likely N-dealkylation sites (tertiary alicyclic amines) is 1. The second-order valence-electron chi connectivity index (χ2n) is 8.18. The number of amides is 1. The number of fused-ring (bicyclic) bond motifs is 1. The molecule has 0 aliphatic carbocycles. The minimum Gasteiger partial charge on any atom is -0.377 e. The third kappa shape index (κ3) is 3.94. The van der Waals surface area contributed by atoms with Gasteiger partial charge in [-0.3, -0.25) is 4.79 Å². The first-order chi connectivity index (χ1) is 12.8. The standard InChI is InChI=1S/C22H32N4O/c1-24(2)20-11-10-19(17-8-6-7-9-18(17)20)21(27)23-16-22(25(3)4)12-14-26(5)15-13-22/h6-11H,12-16H2,1-5H3,(H,23,27). The average Bonchev–Trinajstić information content (AvgIpc) is 2.66. The van der Waals surface area contributed by atoms with Crippen LogP contribution < -0.4 is 10.2 Å². The summed E-state index contributed by atoms with van der Waals surface area (Å²) in [6, 6.07) is 12.1. The summed E-state index contributed by atoms with van der Waals surface area (Å²) in [5.74, 6) is 0.0108. The van der Waals surface area contributed by atoms with Crippen LogP contribution >= 0.6 is 0 Å². The third-order valence-electron chi connectivity index (χ3n) is 6.07. The fourth-order valence-electron chi connectivity index (χ4n) is 4.03. The van der Waals surface area contributed by atoms with E-state index in [1.807, 2.05) is 44.4 Å². The number of hydrogen-bond donors (Lipinski definition) is 1. The van der Waals surface area contributed by atoms with Gasteiger partial charge in [0.2, 0.25) is 0 Å². The predicted molar refractivity (Wildman–Crippen MR) is 114 cm³/mol. The van der Waals surface area contributed by atoms with E-state index in [0.29, 0.717) is 6.54 Å². The summed E-state index contributed by atoms with van der Waals surface area (Å²) >= 11 is 0. The van der Waals surface area contributed by atoms with E-state index in [1.165, 1.54) is 0 Å². The highest BCUT2D eigenvalue weighted by molar-refractivity contribution is 6.10. The van der Waals surface area contributed by atoms with Crippen LogP contribution in [0.1, 0.15) is 23.2 Å². The van der Waals surface area contributed by atoms with Crippen LogP contribution in [0.15, 0.2) is 36.4 Å². The van der Waals surface area contributed by atoms with Crippen LogP contribution in [0.2, 0.25) is 0 Å². The van der Waals surface area contributed by atoms with E-state index in [-0.39, 0.29) is 11.4 Å². The molecule has 1 N–H and O–H groups in total. The van der Waals surface area contributed by atoms with Crippen molar-refractivity contribution in [2.45, 2.75) is 18.4 Å². The molecule has 0 spiro atoms. The summed E-state index contributed by atoms with van der Waals surface area (Å²) in [6.45, 7) is 2.81. The van der Waals surface area contributed by atoms with E-state index >= 15 is 0 Å². The maximum absolute atomic E-state index is 13.1. The quantitative estimate of drug-likeness (QED) is 0.881. The van der Waals surface area contributed by atoms with Gasteiger partial charge in [-0.05, 0) is 64.6 Å². The van der Waals surface area contributed by atoms with Gasteiger partial charge in [0, 0.05) is 42.8 Å². The highest BCUT2D eigenvalue weighted by Gasteiger charge is 2.36. The smallest absolute Gasteiger partial charge is 0.251 e. The molecule has 1 aliphatic heterocycles. The molecule has 1 aliphatic rings. The van der Waals surface area contributed by atoms with Crippen molar-refractivity contribution in [3.63, 3.8) is 0 Å². The van der Waals surface area contributed by atoms with Crippen LogP contribution in [0, 0.1) is 0 Å². The van der Waals surface area contributed by atoms with Crippen molar-refractivity contribution in [1.82, 2.24) is 15.1 Å². The van der Waals surface area contributed by atoms with Crippen LogP contribution in [-0.4, -0.2) is 76.1 Å². The predicted octanol–water partition coefficient (Wildman–Crippen LogP) is 2.66. The fourth-order valence-corrected chi connectivity index (χ4v) is 4.03. The average molecular weight is 369 g/mol. The summed E-state index contributed by atoms with van der Waals surface area (Å²) in [5, 5.41) is 5.35. The van der Waals surface area contributed by atoms with Crippen molar-refractivity contribution in [3.05, 3.63) is 42.0 Å². The molecule has 1 fully saturated rings. The summed E-state index contributed by atoms with van der Waals surface area (Å²) in [5.41, 5.74) is 1.90. The lowest BCUT2D eigenvalue weighted by Crippen LogP contribution is -2.57. The Morgan fingerprint density at radius 3 is 2.26 bits per heavy atom. The van der Waals surface area contributed by atoms with Crippen molar-refractivity contribution >= 4 is 22.4 Å². The molecule has 5 nitrogen and oxygen atoms in total. The molecule has 3 rings (SSSR count). The van der Waals surface area contributed by atoms with E-state index in [0.717, 1.165) is 48.0 Å². The minimum absolute atomic E-state index is 0.0108. The molecule has 0 saturated carbocycles. The molecule has 2 aromatic carbocycles. The van der Waals surface area contributed by atoms with Gasteiger partial charge >= 0.3 is 0 Å². The van der Waals surface area contributed by atoms with Crippen LogP contribution in [-0.2, 0) is 0 Å². The number of nitrogens with one attached hydrogen (secondary N) is 1. The molecular weight excluding hydrogens is 336 g/mol. The first-order valence-corrected chi connectivity index (χ1v) is 9.67. The summed E-state index contributed by atoms with van der Waals surface area (Å²) in [7, 11) is 10.5. The number of carbonyl (C=O) groups is 1. The van der Waals surface area contributed by atoms with Crippen LogP contribution in [0.25, 0.3) is 10.8 Å². The number of rotatable bonds is 5. The first kappa shape index (κ1) is 19.6. The number of carbonyl (C=O) groups excluding carboxylic acids is 1. The molecule has 2 aromatic rings. The van der Waals surface area contributed by atoms with Gasteiger partial charge in [0.25, 0.3) is 5.91 Å². The number of piperidine rings is 1. The lowest BCUT2D eigenvalue weighted by atomic mass is 9.86. The van der Waals surface area contributed by atoms with Crippen molar-refractivity contribution in [1.29, 1.82) is 0 Å². The molecule has 146 valence electrons. The van der Waals surface area contributed by atoms with E-state index in [1.54, 1.807) is 0 Å². The molecule has 0 unspecified atom stereocenters. The number of benzene rings is 2. The summed E-state index contributed by atoms with van der Waals surface area (Å²) < 4.78 is 0. The highest BCUT2D eigenvalue weighted by Crippen LogP contribution is 2.29. The maximum atomic E-state index is 13.1. The lowest BCUT2D eigenvalue weighted by molar-refractivity contribution is 0.0612. The minimum atomic E-state index is 0.0108. The van der Waals surface area contributed by atoms with Crippen molar-refractivity contribution < 1.29 is 4.79 Å². The van der Waals surface area contributed by atoms with Crippen molar-refractivity contribution in [3.8, 4) is 0 Å². The normalized spacial score (nSPS) is 17.3. The Bertz CT molecular complexity index is 807. The van der Waals surface area contributed by atoms with Gasteiger partial charge in [0.1, 0.15) is 0 Å². The van der Waals surface area contributed by atoms with Gasteiger partial charge in [-0.1, -0.05) is 24.3 Å². The SMILES string of the molecule is CN1CCC(CNC(=O)c2ccc(N(C)C)c3ccccc23)(N(C)C)CC1. The number of nitrogens with zero attached hydrogens (tertiary/aromatic N) is 3. The Labute approximate surface area is 162 Å². The zero-order valence-electron chi connectivity index (χ0n) is 17.2. The molecule has 1 amide bonds. The Hall–Kier alpha value is -2.11. The highest BCUT2D eigenvalue weighted by atomic mass is 16.1. The van der Waals surface area contributed by atoms with Crippen molar-refractivity contribution in [2.24, 2.45) is 0 Å². The Morgan fingerprint density at radius 1 is 1.04 bits per heavy atom. The summed E-state index contributed by atoms with van der Waals surface area (Å²) in [6.07, 6.45) is 2.13. The number of anilines is 1. The lowest BCUT2D eigenvalue weighted by Gasteiger charge is -2.45. The van der Waals surface area contributed by atoms with E-state index in [2.05, 4.69) is 47.2 Å². The van der Waals surface area contributed by atoms with Gasteiger partial charge in [0.15, 0.2) is 0 Å². The second-order valence-corrected chi connectivity index (χ2v) is 8.18.